The first-order chi connectivity index (χ1) is 17.3. The van der Waals surface area contributed by atoms with Gasteiger partial charge in [-0.05, 0) is 54.7 Å². The van der Waals surface area contributed by atoms with E-state index in [9.17, 15) is 8.42 Å². The summed E-state index contributed by atoms with van der Waals surface area (Å²) in [5.74, 6) is 1.81. The van der Waals surface area contributed by atoms with E-state index in [2.05, 4.69) is 15.0 Å². The molecular weight excluding hydrogens is 496 g/mol. The smallest absolute Gasteiger partial charge is 0.229 e. The molecule has 1 aliphatic rings. The van der Waals surface area contributed by atoms with Gasteiger partial charge in [-0.1, -0.05) is 36.4 Å². The topological polar surface area (TPSA) is 96.7 Å². The van der Waals surface area contributed by atoms with Crippen molar-refractivity contribution >= 4 is 38.7 Å². The molecular formula is C26H24N4O4S2. The molecule has 184 valence electrons. The molecule has 2 N–H and O–H groups in total. The summed E-state index contributed by atoms with van der Waals surface area (Å²) >= 11 is 5.77. The van der Waals surface area contributed by atoms with Crippen molar-refractivity contribution in [2.75, 3.05) is 23.0 Å². The maximum absolute atomic E-state index is 12.0. The van der Waals surface area contributed by atoms with Crippen LogP contribution in [0.4, 0.5) is 11.4 Å². The lowest BCUT2D eigenvalue weighted by Crippen LogP contribution is -2.29. The molecule has 5 rings (SSSR count). The van der Waals surface area contributed by atoms with E-state index in [-0.39, 0.29) is 12.1 Å². The largest absolute Gasteiger partial charge is 0.495 e. The fraction of sp³-hybridized carbons (Fsp3) is 0.154. The van der Waals surface area contributed by atoms with E-state index in [1.54, 1.807) is 18.3 Å². The van der Waals surface area contributed by atoms with Crippen LogP contribution >= 0.6 is 12.2 Å². The van der Waals surface area contributed by atoms with Crippen LogP contribution < -0.4 is 19.7 Å². The molecule has 1 saturated heterocycles. The number of nitrogens with zero attached hydrogens (tertiary/aromatic N) is 2. The highest BCUT2D eigenvalue weighted by atomic mass is 32.2. The van der Waals surface area contributed by atoms with Crippen molar-refractivity contribution in [3.05, 3.63) is 96.5 Å². The summed E-state index contributed by atoms with van der Waals surface area (Å²) in [6, 6.07) is 24.0. The summed E-state index contributed by atoms with van der Waals surface area (Å²) in [4.78, 5) is 6.47. The SMILES string of the molecule is COc1ccc(N2C(=S)N[C@@H](c3ccccn3)[C@@H]2c2ccc(-c3ccccc3)o2)cc1NS(C)(=O)=O. The zero-order valence-corrected chi connectivity index (χ0v) is 21.2. The fourth-order valence-electron chi connectivity index (χ4n) is 4.32. The Kier molecular flexibility index (Phi) is 6.38. The second-order valence-corrected chi connectivity index (χ2v) is 10.5. The molecule has 0 spiro atoms. The standard InChI is InChI=1S/C26H24N4O4S2/c1-33-22-12-11-18(16-20(22)29-36(2,31)32)30-25(24(28-26(30)35)19-10-6-7-15-27-19)23-14-13-21(34-23)17-8-4-3-5-9-17/h3-16,24-25,29H,1-2H3,(H,28,35)/t24-,25-/m0/s1. The number of aromatic nitrogens is 1. The molecule has 8 nitrogen and oxygen atoms in total. The Morgan fingerprint density at radius 1 is 1.06 bits per heavy atom. The van der Waals surface area contributed by atoms with Gasteiger partial charge in [0.2, 0.25) is 10.0 Å². The van der Waals surface area contributed by atoms with E-state index in [0.717, 1.165) is 23.3 Å². The fourth-order valence-corrected chi connectivity index (χ4v) is 5.22. The summed E-state index contributed by atoms with van der Waals surface area (Å²) in [6.45, 7) is 0. The highest BCUT2D eigenvalue weighted by molar-refractivity contribution is 7.92. The lowest BCUT2D eigenvalue weighted by Gasteiger charge is -2.27. The third kappa shape index (κ3) is 4.77. The number of hydrogen-bond acceptors (Lipinski definition) is 6. The molecule has 2 aromatic carbocycles. The third-order valence-electron chi connectivity index (χ3n) is 5.83. The van der Waals surface area contributed by atoms with Crippen molar-refractivity contribution in [3.63, 3.8) is 0 Å². The van der Waals surface area contributed by atoms with Gasteiger partial charge in [0.05, 0.1) is 30.8 Å². The Morgan fingerprint density at radius 2 is 1.83 bits per heavy atom. The Morgan fingerprint density at radius 3 is 2.53 bits per heavy atom. The predicted molar refractivity (Wildman–Crippen MR) is 144 cm³/mol. The van der Waals surface area contributed by atoms with Gasteiger partial charge in [0.25, 0.3) is 0 Å². The van der Waals surface area contributed by atoms with Crippen molar-refractivity contribution in [1.29, 1.82) is 0 Å². The minimum absolute atomic E-state index is 0.304. The summed E-state index contributed by atoms with van der Waals surface area (Å²) in [6.07, 6.45) is 2.83. The molecule has 36 heavy (non-hydrogen) atoms. The van der Waals surface area contributed by atoms with Gasteiger partial charge in [-0.2, -0.15) is 0 Å². The Bertz CT molecular complexity index is 1490. The van der Waals surface area contributed by atoms with Gasteiger partial charge in [-0.15, -0.1) is 0 Å². The van der Waals surface area contributed by atoms with Crippen LogP contribution in [0.15, 0.2) is 89.5 Å². The predicted octanol–water partition coefficient (Wildman–Crippen LogP) is 4.90. The second kappa shape index (κ2) is 9.63. The Labute approximate surface area is 215 Å². The van der Waals surface area contributed by atoms with Gasteiger partial charge >= 0.3 is 0 Å². The number of ether oxygens (including phenoxy) is 1. The summed E-state index contributed by atoms with van der Waals surface area (Å²) < 4.78 is 38.2. The number of pyridine rings is 1. The lowest BCUT2D eigenvalue weighted by atomic mass is 10.0. The average Bonchev–Trinajstić information content (AvgIpc) is 3.49. The average molecular weight is 521 g/mol. The zero-order chi connectivity index (χ0) is 25.3. The molecule has 0 saturated carbocycles. The molecule has 0 amide bonds. The van der Waals surface area contributed by atoms with Crippen molar-refractivity contribution in [3.8, 4) is 17.1 Å². The first-order valence-electron chi connectivity index (χ1n) is 11.2. The lowest BCUT2D eigenvalue weighted by molar-refractivity contribution is 0.416. The van der Waals surface area contributed by atoms with Gasteiger partial charge in [0.1, 0.15) is 23.3 Å². The highest BCUT2D eigenvalue weighted by Gasteiger charge is 2.42. The van der Waals surface area contributed by atoms with Gasteiger partial charge < -0.3 is 19.4 Å². The van der Waals surface area contributed by atoms with Crippen molar-refractivity contribution in [2.45, 2.75) is 12.1 Å². The van der Waals surface area contributed by atoms with Crippen LogP contribution in [-0.4, -0.2) is 31.9 Å². The highest BCUT2D eigenvalue weighted by Crippen LogP contribution is 2.44. The molecule has 2 atom stereocenters. The maximum Gasteiger partial charge on any atom is 0.229 e. The summed E-state index contributed by atoms with van der Waals surface area (Å²) in [5, 5.41) is 3.84. The number of rotatable bonds is 7. The molecule has 0 unspecified atom stereocenters. The van der Waals surface area contributed by atoms with Crippen LogP contribution in [0.1, 0.15) is 23.5 Å². The van der Waals surface area contributed by atoms with Gasteiger partial charge in [-0.3, -0.25) is 9.71 Å². The van der Waals surface area contributed by atoms with E-state index in [4.69, 9.17) is 21.4 Å². The molecule has 0 radical (unpaired) electrons. The van der Waals surface area contributed by atoms with E-state index < -0.39 is 10.0 Å². The number of methoxy groups -OCH3 is 1. The third-order valence-corrected chi connectivity index (χ3v) is 6.74. The first-order valence-corrected chi connectivity index (χ1v) is 13.5. The monoisotopic (exact) mass is 520 g/mol. The Balaban J connectivity index is 1.61. The van der Waals surface area contributed by atoms with Crippen LogP contribution in [0.2, 0.25) is 0 Å². The first kappa shape index (κ1) is 23.8. The van der Waals surface area contributed by atoms with Crippen molar-refractivity contribution < 1.29 is 17.6 Å². The van der Waals surface area contributed by atoms with E-state index >= 15 is 0 Å². The second-order valence-electron chi connectivity index (χ2n) is 8.32. The molecule has 3 heterocycles. The van der Waals surface area contributed by atoms with Gasteiger partial charge in [0.15, 0.2) is 5.11 Å². The van der Waals surface area contributed by atoms with Crippen LogP contribution in [0.25, 0.3) is 11.3 Å². The van der Waals surface area contributed by atoms with E-state index in [0.29, 0.717) is 28.0 Å². The summed E-state index contributed by atoms with van der Waals surface area (Å²) in [5.41, 5.74) is 2.74. The number of anilines is 2. The molecule has 2 aromatic heterocycles. The number of nitrogens with one attached hydrogen (secondary N) is 2. The minimum atomic E-state index is -3.54. The number of hydrogen-bond donors (Lipinski definition) is 2. The zero-order valence-electron chi connectivity index (χ0n) is 19.6. The maximum atomic E-state index is 12.0. The number of furan rings is 1. The van der Waals surface area contributed by atoms with Gasteiger partial charge in [-0.25, -0.2) is 8.42 Å². The molecule has 0 bridgehead atoms. The van der Waals surface area contributed by atoms with E-state index in [1.165, 1.54) is 7.11 Å². The molecule has 1 aliphatic heterocycles. The Hall–Kier alpha value is -3.89. The van der Waals surface area contributed by atoms with Crippen LogP contribution in [-0.2, 0) is 10.0 Å². The quantitative estimate of drug-likeness (QED) is 0.332. The number of benzene rings is 2. The molecule has 10 heteroatoms. The van der Waals surface area contributed by atoms with Crippen molar-refractivity contribution in [1.82, 2.24) is 10.3 Å². The normalized spacial score (nSPS) is 17.6. The number of sulfonamides is 1. The van der Waals surface area contributed by atoms with Crippen molar-refractivity contribution in [2.24, 2.45) is 0 Å². The molecule has 4 aromatic rings. The molecule has 0 aliphatic carbocycles. The summed E-state index contributed by atoms with van der Waals surface area (Å²) in [7, 11) is -2.05. The number of thiocarbonyl (C=S) groups is 1. The van der Waals surface area contributed by atoms with Crippen LogP contribution in [0.3, 0.4) is 0 Å². The molecule has 1 fully saturated rings. The van der Waals surface area contributed by atoms with Gasteiger partial charge in [0, 0.05) is 17.4 Å². The van der Waals surface area contributed by atoms with Crippen LogP contribution in [0.5, 0.6) is 5.75 Å². The van der Waals surface area contributed by atoms with Crippen LogP contribution in [0, 0.1) is 0 Å². The van der Waals surface area contributed by atoms with E-state index in [1.807, 2.05) is 71.6 Å². The minimum Gasteiger partial charge on any atom is -0.495 e.